The van der Waals surface area contributed by atoms with Crippen molar-refractivity contribution in [2.45, 2.75) is 37.8 Å². The molecule has 3 aromatic heterocycles. The molecule has 1 aliphatic heterocycles. The highest BCUT2D eigenvalue weighted by atomic mass is 16.1. The second-order valence-electron chi connectivity index (χ2n) is 7.25. The minimum Gasteiger partial charge on any atom is -0.354 e. The average molecular weight is 366 g/mol. The molecule has 4 heterocycles. The summed E-state index contributed by atoms with van der Waals surface area (Å²) in [5.74, 6) is 0.729. The summed E-state index contributed by atoms with van der Waals surface area (Å²) in [5, 5.41) is 7.07. The zero-order valence-electron chi connectivity index (χ0n) is 15.2. The first-order valence-corrected chi connectivity index (χ1v) is 9.44. The summed E-state index contributed by atoms with van der Waals surface area (Å²) < 4.78 is 4.07. The third-order valence-corrected chi connectivity index (χ3v) is 5.42. The van der Waals surface area contributed by atoms with Gasteiger partial charge in [-0.1, -0.05) is 0 Å². The molecule has 0 spiro atoms. The molecule has 3 aromatic rings. The van der Waals surface area contributed by atoms with Crippen LogP contribution in [0.2, 0.25) is 0 Å². The van der Waals surface area contributed by atoms with Crippen LogP contribution in [0.5, 0.6) is 0 Å². The SMILES string of the molecule is CNC(=O)c1ccn(C2CCCN(c3ncnc4c3ncn4C3CC3)C2)n1. The summed E-state index contributed by atoms with van der Waals surface area (Å²) in [6.07, 6.45) is 9.87. The minimum absolute atomic E-state index is 0.162. The van der Waals surface area contributed by atoms with E-state index in [-0.39, 0.29) is 11.9 Å². The number of amides is 1. The van der Waals surface area contributed by atoms with Gasteiger partial charge in [0.25, 0.3) is 5.91 Å². The highest BCUT2D eigenvalue weighted by molar-refractivity contribution is 5.91. The summed E-state index contributed by atoms with van der Waals surface area (Å²) in [6.45, 7) is 1.72. The molecule has 1 unspecified atom stereocenters. The zero-order valence-corrected chi connectivity index (χ0v) is 15.2. The van der Waals surface area contributed by atoms with E-state index in [2.05, 4.69) is 34.8 Å². The van der Waals surface area contributed by atoms with Crippen molar-refractivity contribution in [2.24, 2.45) is 0 Å². The fraction of sp³-hybridized carbons (Fsp3) is 0.500. The summed E-state index contributed by atoms with van der Waals surface area (Å²) in [7, 11) is 1.62. The summed E-state index contributed by atoms with van der Waals surface area (Å²) in [5.41, 5.74) is 2.24. The Labute approximate surface area is 156 Å². The number of fused-ring (bicyclic) bond motifs is 1. The lowest BCUT2D eigenvalue weighted by molar-refractivity contribution is 0.0957. The fourth-order valence-electron chi connectivity index (χ4n) is 3.84. The van der Waals surface area contributed by atoms with Gasteiger partial charge in [0.15, 0.2) is 17.0 Å². The number of hydrogen-bond donors (Lipinski definition) is 1. The molecule has 140 valence electrons. The van der Waals surface area contributed by atoms with Crippen LogP contribution in [0.15, 0.2) is 24.9 Å². The molecule has 9 heteroatoms. The minimum atomic E-state index is -0.162. The Hall–Kier alpha value is -2.97. The van der Waals surface area contributed by atoms with Crippen LogP contribution in [0.25, 0.3) is 11.2 Å². The van der Waals surface area contributed by atoms with Crippen molar-refractivity contribution < 1.29 is 4.79 Å². The van der Waals surface area contributed by atoms with Gasteiger partial charge in [-0.2, -0.15) is 5.10 Å². The molecular weight excluding hydrogens is 344 g/mol. The van der Waals surface area contributed by atoms with Crippen LogP contribution in [0.3, 0.4) is 0 Å². The van der Waals surface area contributed by atoms with E-state index in [1.807, 2.05) is 17.2 Å². The van der Waals surface area contributed by atoms with Crippen LogP contribution in [0.1, 0.15) is 48.3 Å². The van der Waals surface area contributed by atoms with E-state index in [0.717, 1.165) is 42.9 Å². The maximum Gasteiger partial charge on any atom is 0.271 e. The van der Waals surface area contributed by atoms with E-state index in [0.29, 0.717) is 11.7 Å². The van der Waals surface area contributed by atoms with E-state index in [1.54, 1.807) is 19.4 Å². The van der Waals surface area contributed by atoms with E-state index < -0.39 is 0 Å². The number of hydrogen-bond acceptors (Lipinski definition) is 6. The number of imidazole rings is 1. The second kappa shape index (κ2) is 6.33. The van der Waals surface area contributed by atoms with Crippen LogP contribution in [-0.4, -0.2) is 55.3 Å². The van der Waals surface area contributed by atoms with Crippen LogP contribution < -0.4 is 10.2 Å². The Morgan fingerprint density at radius 2 is 2.07 bits per heavy atom. The Kier molecular flexibility index (Phi) is 3.80. The molecule has 2 aliphatic rings. The molecule has 0 aromatic carbocycles. The Morgan fingerprint density at radius 1 is 1.19 bits per heavy atom. The van der Waals surface area contributed by atoms with Crippen molar-refractivity contribution in [2.75, 3.05) is 25.0 Å². The van der Waals surface area contributed by atoms with E-state index in [9.17, 15) is 4.79 Å². The molecule has 27 heavy (non-hydrogen) atoms. The average Bonchev–Trinajstić information content (AvgIpc) is 3.27. The van der Waals surface area contributed by atoms with E-state index in [1.165, 1.54) is 12.8 Å². The second-order valence-corrected chi connectivity index (χ2v) is 7.25. The van der Waals surface area contributed by atoms with Gasteiger partial charge in [-0.15, -0.1) is 0 Å². The number of carbonyl (C=O) groups is 1. The van der Waals surface area contributed by atoms with Crippen molar-refractivity contribution in [3.63, 3.8) is 0 Å². The van der Waals surface area contributed by atoms with Gasteiger partial charge in [0, 0.05) is 32.4 Å². The van der Waals surface area contributed by atoms with Crippen LogP contribution in [0.4, 0.5) is 5.82 Å². The lowest BCUT2D eigenvalue weighted by Gasteiger charge is -2.33. The Bertz CT molecular complexity index is 988. The van der Waals surface area contributed by atoms with Crippen LogP contribution in [0, 0.1) is 0 Å². The third kappa shape index (κ3) is 2.83. The predicted molar refractivity (Wildman–Crippen MR) is 99.7 cm³/mol. The maximum absolute atomic E-state index is 11.8. The van der Waals surface area contributed by atoms with Gasteiger partial charge in [-0.3, -0.25) is 9.48 Å². The number of nitrogens with zero attached hydrogens (tertiary/aromatic N) is 7. The van der Waals surface area contributed by atoms with Gasteiger partial charge in [-0.25, -0.2) is 15.0 Å². The molecule has 1 amide bonds. The first kappa shape index (κ1) is 16.2. The monoisotopic (exact) mass is 366 g/mol. The van der Waals surface area contributed by atoms with Gasteiger partial charge in [-0.05, 0) is 31.7 Å². The number of rotatable bonds is 4. The van der Waals surface area contributed by atoms with Gasteiger partial charge >= 0.3 is 0 Å². The normalized spacial score (nSPS) is 20.2. The number of carbonyl (C=O) groups excluding carboxylic acids is 1. The Morgan fingerprint density at radius 3 is 2.89 bits per heavy atom. The third-order valence-electron chi connectivity index (χ3n) is 5.42. The van der Waals surface area contributed by atoms with E-state index in [4.69, 9.17) is 0 Å². The number of anilines is 1. The molecule has 9 nitrogen and oxygen atoms in total. The first-order valence-electron chi connectivity index (χ1n) is 9.44. The van der Waals surface area contributed by atoms with Crippen molar-refractivity contribution >= 4 is 22.9 Å². The van der Waals surface area contributed by atoms with Gasteiger partial charge in [0.05, 0.1) is 12.4 Å². The van der Waals surface area contributed by atoms with E-state index >= 15 is 0 Å². The molecule has 1 aliphatic carbocycles. The standard InChI is InChI=1S/C18H22N8O/c1-19-18(27)14-6-8-26(23-14)13-3-2-7-24(9-13)16-15-17(21-10-20-16)25(11-22-15)12-4-5-12/h6,8,10-13H,2-5,7,9H2,1H3,(H,19,27). The number of piperidine rings is 1. The summed E-state index contributed by atoms with van der Waals surface area (Å²) in [6, 6.07) is 2.50. The first-order chi connectivity index (χ1) is 13.2. The zero-order chi connectivity index (χ0) is 18.4. The molecule has 0 bridgehead atoms. The predicted octanol–water partition coefficient (Wildman–Crippen LogP) is 1.56. The lowest BCUT2D eigenvalue weighted by Crippen LogP contribution is -2.37. The van der Waals surface area contributed by atoms with Crippen molar-refractivity contribution in [1.29, 1.82) is 0 Å². The topological polar surface area (TPSA) is 93.8 Å². The number of aromatic nitrogens is 6. The fourth-order valence-corrected chi connectivity index (χ4v) is 3.84. The maximum atomic E-state index is 11.8. The lowest BCUT2D eigenvalue weighted by atomic mass is 10.1. The molecule has 1 atom stereocenters. The highest BCUT2D eigenvalue weighted by Crippen LogP contribution is 2.38. The highest BCUT2D eigenvalue weighted by Gasteiger charge is 2.29. The molecular formula is C18H22N8O. The van der Waals surface area contributed by atoms with Gasteiger partial charge in [0.1, 0.15) is 12.0 Å². The smallest absolute Gasteiger partial charge is 0.271 e. The van der Waals surface area contributed by atoms with Crippen molar-refractivity contribution in [3.05, 3.63) is 30.6 Å². The summed E-state index contributed by atoms with van der Waals surface area (Å²) >= 11 is 0. The Balaban J connectivity index is 1.42. The molecule has 5 rings (SSSR count). The molecule has 1 saturated carbocycles. The summed E-state index contributed by atoms with van der Waals surface area (Å²) in [4.78, 5) is 27.7. The van der Waals surface area contributed by atoms with Gasteiger partial charge in [0.2, 0.25) is 0 Å². The molecule has 2 fully saturated rings. The van der Waals surface area contributed by atoms with Crippen LogP contribution in [-0.2, 0) is 0 Å². The number of nitrogens with one attached hydrogen (secondary N) is 1. The quantitative estimate of drug-likeness (QED) is 0.753. The van der Waals surface area contributed by atoms with Crippen molar-refractivity contribution in [3.8, 4) is 0 Å². The molecule has 1 saturated heterocycles. The molecule has 0 radical (unpaired) electrons. The van der Waals surface area contributed by atoms with Gasteiger partial charge < -0.3 is 14.8 Å². The molecule has 1 N–H and O–H groups in total. The largest absolute Gasteiger partial charge is 0.354 e. The van der Waals surface area contributed by atoms with Crippen molar-refractivity contribution in [1.82, 2.24) is 34.6 Å². The van der Waals surface area contributed by atoms with Crippen LogP contribution >= 0.6 is 0 Å².